The molecule has 0 spiro atoms. The minimum Gasteiger partial charge on any atom is -0.444 e. The lowest BCUT2D eigenvalue weighted by Gasteiger charge is -1.87. The van der Waals surface area contributed by atoms with Gasteiger partial charge in [-0.1, -0.05) is 0 Å². The van der Waals surface area contributed by atoms with E-state index in [9.17, 15) is 4.79 Å². The largest absolute Gasteiger partial charge is 0.444 e. The maximum atomic E-state index is 9.92. The molecule has 0 aromatic rings. The highest BCUT2D eigenvalue weighted by atomic mass is 79.9. The van der Waals surface area contributed by atoms with Gasteiger partial charge in [-0.2, -0.15) is 0 Å². The second kappa shape index (κ2) is 3.69. The summed E-state index contributed by atoms with van der Waals surface area (Å²) in [6, 6.07) is 0. The monoisotopic (exact) mass is 162 g/mol. The quantitative estimate of drug-likeness (QED) is 0.243. The standard InChI is InChI=1S/C4H3BrO2/c1-2-4(6)7-3-5/h1H,3H2. The molecule has 0 atom stereocenters. The van der Waals surface area contributed by atoms with Crippen LogP contribution in [-0.2, 0) is 9.53 Å². The number of hydrogen-bond acceptors (Lipinski definition) is 2. The Morgan fingerprint density at radius 2 is 2.57 bits per heavy atom. The molecule has 0 N–H and O–H groups in total. The Morgan fingerprint density at radius 3 is 2.71 bits per heavy atom. The zero-order valence-corrected chi connectivity index (χ0v) is 5.06. The molecule has 3 heteroatoms. The van der Waals surface area contributed by atoms with E-state index in [4.69, 9.17) is 0 Å². The first-order valence-corrected chi connectivity index (χ1v) is 2.62. The van der Waals surface area contributed by atoms with Crippen molar-refractivity contribution >= 4 is 21.9 Å². The van der Waals surface area contributed by atoms with E-state index in [1.54, 1.807) is 5.92 Å². The molecule has 0 aliphatic rings. The number of esters is 1. The summed E-state index contributed by atoms with van der Waals surface area (Å²) in [6.45, 7) is 0. The van der Waals surface area contributed by atoms with Crippen LogP contribution in [0.15, 0.2) is 0 Å². The highest BCUT2D eigenvalue weighted by molar-refractivity contribution is 9.09. The molecule has 38 valence electrons. The fourth-order valence-electron chi connectivity index (χ4n) is 0.0912. The van der Waals surface area contributed by atoms with Gasteiger partial charge in [0.05, 0.1) is 0 Å². The van der Waals surface area contributed by atoms with Gasteiger partial charge in [0, 0.05) is 5.92 Å². The van der Waals surface area contributed by atoms with Crippen LogP contribution in [0.5, 0.6) is 0 Å². The first-order valence-electron chi connectivity index (χ1n) is 1.50. The van der Waals surface area contributed by atoms with Gasteiger partial charge in [0.2, 0.25) is 0 Å². The molecule has 0 bridgehead atoms. The van der Waals surface area contributed by atoms with Gasteiger partial charge in [0.15, 0.2) is 0 Å². The van der Waals surface area contributed by atoms with E-state index in [1.165, 1.54) is 0 Å². The average Bonchev–Trinajstić information content (AvgIpc) is 1.68. The van der Waals surface area contributed by atoms with Crippen LogP contribution in [0.4, 0.5) is 0 Å². The van der Waals surface area contributed by atoms with E-state index >= 15 is 0 Å². The molecule has 0 heterocycles. The van der Waals surface area contributed by atoms with Crippen LogP contribution in [0, 0.1) is 12.3 Å². The van der Waals surface area contributed by atoms with Gasteiger partial charge in [-0.25, -0.2) is 4.79 Å². The number of carbonyl (C=O) groups excluding carboxylic acids is 1. The number of ether oxygens (including phenoxy) is 1. The SMILES string of the molecule is C#CC(=O)OCBr. The smallest absolute Gasteiger partial charge is 0.384 e. The normalized spacial score (nSPS) is 6.86. The highest BCUT2D eigenvalue weighted by Gasteiger charge is 1.88. The van der Waals surface area contributed by atoms with E-state index in [2.05, 4.69) is 27.1 Å². The maximum Gasteiger partial charge on any atom is 0.384 e. The summed E-state index contributed by atoms with van der Waals surface area (Å²) in [5.41, 5.74) is 0.163. The molecule has 0 amide bonds. The predicted octanol–water partition coefficient (Wildman–Crippen LogP) is 0.515. The van der Waals surface area contributed by atoms with Crippen LogP contribution in [0.3, 0.4) is 0 Å². The summed E-state index contributed by atoms with van der Waals surface area (Å²) in [7, 11) is 0. The van der Waals surface area contributed by atoms with Crippen LogP contribution in [0.1, 0.15) is 0 Å². The van der Waals surface area contributed by atoms with Crippen molar-refractivity contribution in [3.63, 3.8) is 0 Å². The number of hydrogen-bond donors (Lipinski definition) is 0. The minimum absolute atomic E-state index is 0.163. The summed E-state index contributed by atoms with van der Waals surface area (Å²) in [6.07, 6.45) is 4.61. The van der Waals surface area contributed by atoms with Gasteiger partial charge in [-0.15, -0.1) is 6.42 Å². The Kier molecular flexibility index (Phi) is 3.43. The van der Waals surface area contributed by atoms with Crippen LogP contribution >= 0.6 is 15.9 Å². The Labute approximate surface area is 50.0 Å². The molecule has 7 heavy (non-hydrogen) atoms. The lowest BCUT2D eigenvalue weighted by molar-refractivity contribution is -0.134. The molecule has 0 aliphatic carbocycles. The molecule has 0 aliphatic heterocycles. The van der Waals surface area contributed by atoms with Crippen molar-refractivity contribution in [3.8, 4) is 12.3 Å². The van der Waals surface area contributed by atoms with Gasteiger partial charge in [0.25, 0.3) is 0 Å². The second-order valence-corrected chi connectivity index (χ2v) is 1.14. The van der Waals surface area contributed by atoms with Gasteiger partial charge in [0.1, 0.15) is 5.52 Å². The zero-order valence-electron chi connectivity index (χ0n) is 3.48. The second-order valence-electron chi connectivity index (χ2n) is 0.685. The molecule has 0 aromatic carbocycles. The van der Waals surface area contributed by atoms with E-state index in [1.807, 2.05) is 0 Å². The third-order valence-electron chi connectivity index (χ3n) is 0.303. The lowest BCUT2D eigenvalue weighted by atomic mass is 10.7. The molecule has 0 radical (unpaired) electrons. The minimum atomic E-state index is -0.642. The molecule has 0 saturated heterocycles. The number of terminal acetylenes is 1. The molecule has 0 saturated carbocycles. The third-order valence-corrected chi connectivity index (χ3v) is 0.532. The average molecular weight is 163 g/mol. The van der Waals surface area contributed by atoms with Crippen LogP contribution in [0.25, 0.3) is 0 Å². The fraction of sp³-hybridized carbons (Fsp3) is 0.250. The third kappa shape index (κ3) is 3.34. The summed E-state index contributed by atoms with van der Waals surface area (Å²) >= 11 is 2.85. The van der Waals surface area contributed by atoms with Gasteiger partial charge < -0.3 is 4.74 Å². The van der Waals surface area contributed by atoms with E-state index in [0.29, 0.717) is 0 Å². The van der Waals surface area contributed by atoms with Crippen molar-refractivity contribution in [2.75, 3.05) is 5.52 Å². The highest BCUT2D eigenvalue weighted by Crippen LogP contribution is 1.81. The summed E-state index contributed by atoms with van der Waals surface area (Å²) in [5, 5.41) is 0. The van der Waals surface area contributed by atoms with Gasteiger partial charge >= 0.3 is 5.97 Å². The molecule has 0 unspecified atom stereocenters. The first kappa shape index (κ1) is 6.51. The maximum absolute atomic E-state index is 9.92. The van der Waals surface area contributed by atoms with Crippen molar-refractivity contribution in [1.29, 1.82) is 0 Å². The number of rotatable bonds is 1. The van der Waals surface area contributed by atoms with Crippen molar-refractivity contribution in [3.05, 3.63) is 0 Å². The van der Waals surface area contributed by atoms with E-state index in [-0.39, 0.29) is 5.52 Å². The molecule has 0 rings (SSSR count). The molecule has 2 nitrogen and oxygen atoms in total. The van der Waals surface area contributed by atoms with E-state index in [0.717, 1.165) is 0 Å². The van der Waals surface area contributed by atoms with Crippen LogP contribution < -0.4 is 0 Å². The number of halogens is 1. The van der Waals surface area contributed by atoms with Crippen LogP contribution in [0.2, 0.25) is 0 Å². The molecular weight excluding hydrogens is 160 g/mol. The Bertz CT molecular complexity index is 103. The molecular formula is C4H3BrO2. The number of carbonyl (C=O) groups is 1. The van der Waals surface area contributed by atoms with Crippen molar-refractivity contribution in [1.82, 2.24) is 0 Å². The zero-order chi connectivity index (χ0) is 5.70. The molecule has 0 aromatic heterocycles. The first-order chi connectivity index (χ1) is 3.31. The topological polar surface area (TPSA) is 26.3 Å². The van der Waals surface area contributed by atoms with Crippen molar-refractivity contribution in [2.24, 2.45) is 0 Å². The summed E-state index contributed by atoms with van der Waals surface area (Å²) in [5.74, 6) is 1.13. The van der Waals surface area contributed by atoms with E-state index < -0.39 is 5.97 Å². The number of alkyl halides is 1. The Hall–Kier alpha value is -0.490. The summed E-state index contributed by atoms with van der Waals surface area (Å²) < 4.78 is 4.23. The fourth-order valence-corrected chi connectivity index (χ4v) is 0.299. The lowest BCUT2D eigenvalue weighted by Crippen LogP contribution is -1.96. The van der Waals surface area contributed by atoms with Crippen LogP contribution in [-0.4, -0.2) is 11.5 Å². The summed E-state index contributed by atoms with van der Waals surface area (Å²) in [4.78, 5) is 9.92. The Morgan fingerprint density at radius 1 is 2.00 bits per heavy atom. The molecule has 0 fully saturated rings. The van der Waals surface area contributed by atoms with Crippen molar-refractivity contribution in [2.45, 2.75) is 0 Å². The predicted molar refractivity (Wildman–Crippen MR) is 28.7 cm³/mol. The van der Waals surface area contributed by atoms with Gasteiger partial charge in [-0.05, 0) is 15.9 Å². The van der Waals surface area contributed by atoms with Crippen molar-refractivity contribution < 1.29 is 9.53 Å². The van der Waals surface area contributed by atoms with Gasteiger partial charge in [-0.3, -0.25) is 0 Å². The Balaban J connectivity index is 3.24.